The highest BCUT2D eigenvalue weighted by atomic mass is 127. The molecule has 4 aliphatic rings. The molecule has 0 bridgehead atoms. The summed E-state index contributed by atoms with van der Waals surface area (Å²) in [6.07, 6.45) is 16.7. The molecular formula is C106H110Cl5IN12O14. The Hall–Kier alpha value is -12.1. The number of ether oxygens (including phenoxy) is 8. The van der Waals surface area contributed by atoms with Gasteiger partial charge in [0.05, 0.1) is 58.9 Å². The quantitative estimate of drug-likeness (QED) is 0.0110. The minimum atomic E-state index is -0.932. The number of fused-ring (bicyclic) bond motifs is 12. The number of nitrogens with one attached hydrogen (secondary N) is 4. The van der Waals surface area contributed by atoms with Gasteiger partial charge in [-0.25, -0.2) is 29.1 Å². The Morgan fingerprint density at radius 1 is 0.399 bits per heavy atom. The maximum atomic E-state index is 13.4. The third kappa shape index (κ3) is 24.1. The molecule has 32 heteroatoms. The van der Waals surface area contributed by atoms with E-state index >= 15 is 0 Å². The average Bonchev–Trinajstić information content (AvgIpc) is 1.61. The highest BCUT2D eigenvalue weighted by molar-refractivity contribution is 14.1. The molecule has 0 radical (unpaired) electrons. The summed E-state index contributed by atoms with van der Waals surface area (Å²) in [4.78, 5) is 81.5. The van der Waals surface area contributed by atoms with E-state index in [-0.39, 0.29) is 61.6 Å². The Balaban J connectivity index is 0.000000133. The van der Waals surface area contributed by atoms with Crippen LogP contribution in [0.15, 0.2) is 232 Å². The molecule has 138 heavy (non-hydrogen) atoms. The van der Waals surface area contributed by atoms with E-state index in [2.05, 4.69) is 61.6 Å². The molecule has 10 heterocycles. The number of imidazole rings is 2. The van der Waals surface area contributed by atoms with Crippen molar-refractivity contribution in [2.45, 2.75) is 129 Å². The first-order chi connectivity index (χ1) is 67.2. The molecule has 6 aromatic heterocycles. The number of benzene rings is 9. The summed E-state index contributed by atoms with van der Waals surface area (Å²) in [5.41, 5.74) is 16.6. The van der Waals surface area contributed by atoms with Gasteiger partial charge in [-0.15, -0.1) is 0 Å². The normalized spacial score (nSPS) is 15.6. The number of hydrogen-bond acceptors (Lipinski definition) is 16. The van der Waals surface area contributed by atoms with Crippen LogP contribution in [0.4, 0.5) is 19.2 Å². The monoisotopic (exact) mass is 2080 g/mol. The van der Waals surface area contributed by atoms with Gasteiger partial charge in [0, 0.05) is 160 Å². The molecule has 720 valence electrons. The van der Waals surface area contributed by atoms with Gasteiger partial charge in [-0.3, -0.25) is 19.6 Å². The van der Waals surface area contributed by atoms with E-state index < -0.39 is 12.2 Å². The molecule has 15 aromatic rings. The van der Waals surface area contributed by atoms with Crippen LogP contribution in [0.3, 0.4) is 0 Å². The third-order valence-electron chi connectivity index (χ3n) is 24.6. The molecule has 26 nitrogen and oxygen atoms in total. The minimum Gasteiger partial charge on any atom is -0.494 e. The van der Waals surface area contributed by atoms with Crippen molar-refractivity contribution in [3.63, 3.8) is 0 Å². The van der Waals surface area contributed by atoms with Gasteiger partial charge in [-0.05, 0) is 268 Å². The van der Waals surface area contributed by atoms with E-state index in [1.165, 1.54) is 16.7 Å². The lowest BCUT2D eigenvalue weighted by atomic mass is 9.92. The molecule has 5 unspecified atom stereocenters. The summed E-state index contributed by atoms with van der Waals surface area (Å²) in [5, 5.41) is 26.1. The number of rotatable bonds is 29. The molecule has 0 aliphatic carbocycles. The zero-order valence-electron chi connectivity index (χ0n) is 77.0. The number of carbonyl (C=O) groups is 4. The van der Waals surface area contributed by atoms with Crippen molar-refractivity contribution >= 4 is 149 Å². The Morgan fingerprint density at radius 2 is 0.710 bits per heavy atom. The van der Waals surface area contributed by atoms with Crippen molar-refractivity contribution in [3.05, 3.63) is 324 Å². The van der Waals surface area contributed by atoms with Crippen molar-refractivity contribution in [2.75, 3.05) is 83.5 Å². The summed E-state index contributed by atoms with van der Waals surface area (Å²) in [7, 11) is 0. The number of H-pyrrole nitrogens is 4. The fourth-order valence-corrected chi connectivity index (χ4v) is 19.2. The minimum absolute atomic E-state index is 0.00114. The van der Waals surface area contributed by atoms with Crippen LogP contribution < -0.4 is 23.7 Å². The van der Waals surface area contributed by atoms with Gasteiger partial charge >= 0.3 is 24.4 Å². The van der Waals surface area contributed by atoms with E-state index in [9.17, 15) is 24.3 Å². The number of halogens is 6. The number of alkyl halides is 1. The number of aliphatic hydroxyl groups is 2. The largest absolute Gasteiger partial charge is 0.494 e. The molecule has 0 saturated heterocycles. The third-order valence-corrected chi connectivity index (χ3v) is 26.6. The molecule has 4 amide bonds. The highest BCUT2D eigenvalue weighted by Crippen LogP contribution is 2.46. The lowest BCUT2D eigenvalue weighted by Crippen LogP contribution is -2.42. The van der Waals surface area contributed by atoms with E-state index in [0.29, 0.717) is 115 Å². The van der Waals surface area contributed by atoms with Gasteiger partial charge in [-0.1, -0.05) is 143 Å². The molecule has 0 spiro atoms. The molecular weight excluding hydrogens is 1970 g/mol. The standard InChI is InChI=1S/C29H33ClN4O3.C27H23Cl2IN2O3.C27H29ClN4O3.C23H25ClN2O5/c1-20(2)18-37-29(35)34-14-11-24-25-17-22(30)7-10-26(25)32-27(24)28(34)21-5-8-23(9-6-21)36-16-4-3-13-33-15-12-31-19-33;28-18-4-9-21(10-5-18)35-27(33)32-14-12-22-23-16-19(29)6-11-24(23)31-25(22)26(32)17-2-7-20(8-3-17)34-15-1-13-30;1-2-34-27(33)32-14-11-22-23-17-20(28)7-10-24(23)30-25(22)26(32)19-5-8-21(9-6-19)35-16-4-3-13-31-15-12-29-18-31;1-2-30-23(29)26-10-9-18-19-11-15(24)5-8-20(19)25-21(18)22(26)14-3-6-17(7-4-14)31-13-16(28)12-27/h5-10,12,15,17,19-20,28,32H,3-4,11,13-14,16,18H2,1-2H3;2-11,16,26,31H,1,12-15H2;5-10,12,15,17-18,26,30H,2-4,11,13-14,16H2,1H3;3-8,11,16,22,25,27-28H,2,9-10,12-13H2,1H3. The summed E-state index contributed by atoms with van der Waals surface area (Å²) in [6, 6.07) is 60.3. The topological polar surface area (TPSA) is 294 Å². The summed E-state index contributed by atoms with van der Waals surface area (Å²) < 4.78 is 50.6. The second kappa shape index (κ2) is 47.1. The van der Waals surface area contributed by atoms with Gasteiger partial charge in [0.25, 0.3) is 0 Å². The van der Waals surface area contributed by atoms with Crippen LogP contribution in [0.2, 0.25) is 25.1 Å². The fourth-order valence-electron chi connectivity index (χ4n) is 18.1. The maximum absolute atomic E-state index is 13.4. The molecule has 5 atom stereocenters. The smallest absolute Gasteiger partial charge is 0.416 e. The average molecular weight is 2080 g/mol. The van der Waals surface area contributed by atoms with Crippen molar-refractivity contribution in [2.24, 2.45) is 5.92 Å². The van der Waals surface area contributed by atoms with Gasteiger partial charge in [0.15, 0.2) is 0 Å². The van der Waals surface area contributed by atoms with E-state index in [1.807, 2.05) is 208 Å². The van der Waals surface area contributed by atoms with Crippen LogP contribution in [0.5, 0.6) is 28.7 Å². The summed E-state index contributed by atoms with van der Waals surface area (Å²) >= 11 is 33.4. The predicted molar refractivity (Wildman–Crippen MR) is 547 cm³/mol. The second-order valence-electron chi connectivity index (χ2n) is 34.4. The van der Waals surface area contributed by atoms with Crippen molar-refractivity contribution in [1.82, 2.24) is 58.6 Å². The lowest BCUT2D eigenvalue weighted by molar-refractivity contribution is 0.0536. The maximum Gasteiger partial charge on any atom is 0.416 e. The van der Waals surface area contributed by atoms with Gasteiger partial charge < -0.3 is 77.2 Å². The molecule has 4 aliphatic heterocycles. The zero-order valence-corrected chi connectivity index (χ0v) is 83.0. The molecule has 6 N–H and O–H groups in total. The number of aromatic amines is 4. The summed E-state index contributed by atoms with van der Waals surface area (Å²) in [5.74, 6) is 3.74. The van der Waals surface area contributed by atoms with Crippen LogP contribution in [0.25, 0.3) is 43.6 Å². The first kappa shape index (κ1) is 99.0. The van der Waals surface area contributed by atoms with Crippen molar-refractivity contribution in [1.29, 1.82) is 0 Å². The van der Waals surface area contributed by atoms with Gasteiger partial charge in [-0.2, -0.15) is 0 Å². The fraction of sp³-hybridized carbons (Fsp3) is 0.321. The molecule has 19 rings (SSSR count). The number of nitrogens with zero attached hydrogens (tertiary/aromatic N) is 8. The Bertz CT molecular complexity index is 6600. The number of amides is 4. The van der Waals surface area contributed by atoms with Crippen molar-refractivity contribution < 1.29 is 67.3 Å². The van der Waals surface area contributed by atoms with Crippen molar-refractivity contribution in [3.8, 4) is 28.7 Å². The number of unbranched alkanes of at least 4 members (excludes halogenated alkanes) is 2. The number of carbonyl (C=O) groups excluding carboxylic acids is 4. The Morgan fingerprint density at radius 3 is 1.02 bits per heavy atom. The number of aryl methyl sites for hydroxylation is 2. The van der Waals surface area contributed by atoms with E-state index in [1.54, 1.807) is 70.4 Å². The molecule has 9 aromatic carbocycles. The Kier molecular flexibility index (Phi) is 33.8. The van der Waals surface area contributed by atoms with Crippen LogP contribution in [-0.4, -0.2) is 183 Å². The van der Waals surface area contributed by atoms with E-state index in [4.69, 9.17) is 101 Å². The van der Waals surface area contributed by atoms with E-state index in [0.717, 1.165) is 174 Å². The number of aliphatic hydroxyl groups excluding tert-OH is 2. The second-order valence-corrected chi connectivity index (χ2v) is 37.7. The molecule has 0 saturated carbocycles. The van der Waals surface area contributed by atoms with Crippen LogP contribution in [0, 0.1) is 5.92 Å². The van der Waals surface area contributed by atoms with Gasteiger partial charge in [0.1, 0.15) is 65.6 Å². The highest BCUT2D eigenvalue weighted by Gasteiger charge is 2.41. The molecule has 0 fully saturated rings. The predicted octanol–water partition coefficient (Wildman–Crippen LogP) is 24.1. The lowest BCUT2D eigenvalue weighted by Gasteiger charge is -2.35. The van der Waals surface area contributed by atoms with Crippen LogP contribution in [-0.2, 0) is 53.0 Å². The number of hydrogen-bond donors (Lipinski definition) is 6. The first-order valence-electron chi connectivity index (χ1n) is 46.6. The summed E-state index contributed by atoms with van der Waals surface area (Å²) in [6.45, 7) is 14.4. The Labute approximate surface area is 839 Å². The number of aromatic nitrogens is 8. The first-order valence-corrected chi connectivity index (χ1v) is 50.0. The SMILES string of the molecule is CC(C)COC(=O)N1CCc2c([nH]c3ccc(Cl)cc23)C1c1ccc(OCCCCn2ccnc2)cc1.CCOC(=O)N1CCc2c([nH]c3ccc(Cl)cc23)C1c1ccc(OCC(O)CO)cc1.CCOC(=O)N1CCc2c([nH]c3ccc(Cl)cc23)C1c1ccc(OCCCCn2ccnc2)cc1.O=C(Oc1ccc(Cl)cc1)N1CCc2c([nH]c3ccc(Cl)cc23)C1c1ccc(OCCCI)cc1. The van der Waals surface area contributed by atoms with Crippen LogP contribution >= 0.6 is 80.6 Å². The zero-order chi connectivity index (χ0) is 96.3. The van der Waals surface area contributed by atoms with Gasteiger partial charge in [0.2, 0.25) is 0 Å². The van der Waals surface area contributed by atoms with Crippen LogP contribution in [0.1, 0.15) is 151 Å².